The van der Waals surface area contributed by atoms with Crippen LogP contribution in [-0.2, 0) is 6.42 Å². The van der Waals surface area contributed by atoms with E-state index < -0.39 is 18.2 Å². The standard InChI is InChI=1S/C25H28O5/c1-15(16-5-3-2-4-6-16)21(26)12-11-19-20-10-9-17-7-8-18(25(28)29)13-23(17)30-24(20)14-22(19)27/h2-8,11-13,15,19-22,24,26-27H,9-10,14H2,1H3,(H,28,29)/b12-11+/t15-,19+,20+,21?,22+,24-/m0/s1. The topological polar surface area (TPSA) is 87.0 Å². The van der Waals surface area contributed by atoms with E-state index in [-0.39, 0.29) is 29.4 Å². The quantitative estimate of drug-likeness (QED) is 0.655. The fourth-order valence-electron chi connectivity index (χ4n) is 4.74. The number of rotatable bonds is 5. The molecule has 0 radical (unpaired) electrons. The number of hydrogen-bond acceptors (Lipinski definition) is 4. The zero-order valence-electron chi connectivity index (χ0n) is 17.0. The normalized spacial score (nSPS) is 27.6. The summed E-state index contributed by atoms with van der Waals surface area (Å²) in [6, 6.07) is 14.9. The summed E-state index contributed by atoms with van der Waals surface area (Å²) in [7, 11) is 0. The highest BCUT2D eigenvalue weighted by atomic mass is 16.5. The molecular weight excluding hydrogens is 380 g/mol. The number of ether oxygens (including phenoxy) is 1. The van der Waals surface area contributed by atoms with E-state index in [2.05, 4.69) is 0 Å². The second-order valence-electron chi connectivity index (χ2n) is 8.44. The number of aliphatic hydroxyl groups is 2. The number of benzene rings is 2. The number of aryl methyl sites for hydroxylation is 1. The van der Waals surface area contributed by atoms with Gasteiger partial charge in [-0.2, -0.15) is 0 Å². The van der Waals surface area contributed by atoms with E-state index >= 15 is 0 Å². The molecule has 1 unspecified atom stereocenters. The first-order valence-corrected chi connectivity index (χ1v) is 10.6. The Morgan fingerprint density at radius 3 is 2.70 bits per heavy atom. The lowest BCUT2D eigenvalue weighted by atomic mass is 9.87. The van der Waals surface area contributed by atoms with Crippen LogP contribution in [0.1, 0.15) is 47.2 Å². The Labute approximate surface area is 176 Å². The molecule has 5 nitrogen and oxygen atoms in total. The maximum atomic E-state index is 11.3. The van der Waals surface area contributed by atoms with E-state index in [0.717, 1.165) is 24.0 Å². The van der Waals surface area contributed by atoms with Gasteiger partial charge in [0.2, 0.25) is 0 Å². The van der Waals surface area contributed by atoms with Crippen molar-refractivity contribution in [2.24, 2.45) is 11.8 Å². The minimum atomic E-state index is -0.976. The fraction of sp³-hybridized carbons (Fsp3) is 0.400. The lowest BCUT2D eigenvalue weighted by Crippen LogP contribution is -2.24. The first-order valence-electron chi connectivity index (χ1n) is 10.6. The van der Waals surface area contributed by atoms with Gasteiger partial charge in [-0.25, -0.2) is 4.79 Å². The summed E-state index contributed by atoms with van der Waals surface area (Å²) in [6.07, 6.45) is 4.53. The zero-order valence-corrected chi connectivity index (χ0v) is 17.0. The van der Waals surface area contributed by atoms with E-state index in [4.69, 9.17) is 4.74 Å². The fourth-order valence-corrected chi connectivity index (χ4v) is 4.74. The van der Waals surface area contributed by atoms with Gasteiger partial charge in [0, 0.05) is 24.2 Å². The monoisotopic (exact) mass is 408 g/mol. The number of hydrogen-bond donors (Lipinski definition) is 3. The maximum absolute atomic E-state index is 11.3. The summed E-state index contributed by atoms with van der Waals surface area (Å²) < 4.78 is 6.18. The largest absolute Gasteiger partial charge is 0.490 e. The molecule has 30 heavy (non-hydrogen) atoms. The van der Waals surface area contributed by atoms with Gasteiger partial charge in [0.05, 0.1) is 17.8 Å². The minimum Gasteiger partial charge on any atom is -0.490 e. The van der Waals surface area contributed by atoms with E-state index in [1.54, 1.807) is 18.2 Å². The lowest BCUT2D eigenvalue weighted by molar-refractivity contribution is 0.0695. The Morgan fingerprint density at radius 2 is 1.97 bits per heavy atom. The minimum absolute atomic E-state index is 0.0409. The zero-order chi connectivity index (χ0) is 21.3. The predicted molar refractivity (Wildman–Crippen MR) is 114 cm³/mol. The van der Waals surface area contributed by atoms with Crippen LogP contribution in [0, 0.1) is 11.8 Å². The third-order valence-electron chi connectivity index (χ3n) is 6.60. The molecule has 4 rings (SSSR count). The molecule has 1 saturated carbocycles. The van der Waals surface area contributed by atoms with Crippen molar-refractivity contribution in [3.05, 3.63) is 77.4 Å². The van der Waals surface area contributed by atoms with Crippen LogP contribution in [-0.4, -0.2) is 39.6 Å². The maximum Gasteiger partial charge on any atom is 0.335 e. The molecule has 5 heteroatoms. The lowest BCUT2D eigenvalue weighted by Gasteiger charge is -2.22. The van der Waals surface area contributed by atoms with Crippen LogP contribution in [0.3, 0.4) is 0 Å². The van der Waals surface area contributed by atoms with Gasteiger partial charge in [-0.1, -0.05) is 55.5 Å². The molecule has 1 aliphatic heterocycles. The van der Waals surface area contributed by atoms with Crippen LogP contribution in [0.4, 0.5) is 0 Å². The smallest absolute Gasteiger partial charge is 0.335 e. The third kappa shape index (κ3) is 4.13. The van der Waals surface area contributed by atoms with Crippen LogP contribution >= 0.6 is 0 Å². The Kier molecular flexibility index (Phi) is 5.93. The molecule has 1 aliphatic carbocycles. The Bertz CT molecular complexity index is 922. The van der Waals surface area contributed by atoms with Gasteiger partial charge in [-0.15, -0.1) is 0 Å². The Hall–Kier alpha value is -2.63. The third-order valence-corrected chi connectivity index (χ3v) is 6.60. The van der Waals surface area contributed by atoms with Crippen molar-refractivity contribution in [3.63, 3.8) is 0 Å². The molecule has 158 valence electrons. The van der Waals surface area contributed by atoms with Gasteiger partial charge in [0.15, 0.2) is 0 Å². The summed E-state index contributed by atoms with van der Waals surface area (Å²) >= 11 is 0. The number of carboxylic acid groups (broad SMARTS) is 1. The Balaban J connectivity index is 1.48. The van der Waals surface area contributed by atoms with Gasteiger partial charge in [-0.3, -0.25) is 0 Å². The predicted octanol–water partition coefficient (Wildman–Crippen LogP) is 3.80. The van der Waals surface area contributed by atoms with Crippen LogP contribution in [0.5, 0.6) is 5.75 Å². The highest BCUT2D eigenvalue weighted by Crippen LogP contribution is 2.42. The highest BCUT2D eigenvalue weighted by Gasteiger charge is 2.43. The van der Waals surface area contributed by atoms with Crippen LogP contribution in [0.2, 0.25) is 0 Å². The molecule has 0 spiro atoms. The first-order chi connectivity index (χ1) is 14.4. The summed E-state index contributed by atoms with van der Waals surface area (Å²) in [4.78, 5) is 11.3. The highest BCUT2D eigenvalue weighted by molar-refractivity contribution is 5.88. The van der Waals surface area contributed by atoms with Crippen molar-refractivity contribution >= 4 is 5.97 Å². The van der Waals surface area contributed by atoms with Gasteiger partial charge < -0.3 is 20.1 Å². The van der Waals surface area contributed by atoms with Crippen LogP contribution in [0.15, 0.2) is 60.7 Å². The number of carboxylic acids is 1. The summed E-state index contributed by atoms with van der Waals surface area (Å²) in [5.74, 6) is -0.383. The molecule has 0 aromatic heterocycles. The average Bonchev–Trinajstić information content (AvgIpc) is 2.92. The number of fused-ring (bicyclic) bond motifs is 2. The van der Waals surface area contributed by atoms with Crippen molar-refractivity contribution in [3.8, 4) is 5.75 Å². The van der Waals surface area contributed by atoms with Crippen LogP contribution < -0.4 is 4.74 Å². The van der Waals surface area contributed by atoms with Crippen molar-refractivity contribution in [1.29, 1.82) is 0 Å². The molecule has 3 N–H and O–H groups in total. The number of aliphatic hydroxyl groups excluding tert-OH is 2. The Morgan fingerprint density at radius 1 is 1.20 bits per heavy atom. The molecule has 0 amide bonds. The van der Waals surface area contributed by atoms with Gasteiger partial charge >= 0.3 is 5.97 Å². The molecular formula is C25H28O5. The second kappa shape index (κ2) is 8.62. The van der Waals surface area contributed by atoms with E-state index in [0.29, 0.717) is 12.2 Å². The van der Waals surface area contributed by atoms with Crippen molar-refractivity contribution in [1.82, 2.24) is 0 Å². The van der Waals surface area contributed by atoms with Crippen molar-refractivity contribution < 1.29 is 24.9 Å². The number of aromatic carboxylic acids is 1. The number of carbonyl (C=O) groups is 1. The molecule has 2 aliphatic rings. The molecule has 2 aromatic rings. The van der Waals surface area contributed by atoms with Gasteiger partial charge in [-0.05, 0) is 36.1 Å². The molecule has 1 heterocycles. The summed E-state index contributed by atoms with van der Waals surface area (Å²) in [5.41, 5.74) is 2.28. The molecule has 2 aromatic carbocycles. The second-order valence-corrected chi connectivity index (χ2v) is 8.44. The SMILES string of the molecule is C[C@@H](c1ccccc1)C(O)/C=C/[C@@H]1[C@H]2CCc3ccc(C(=O)O)cc3O[C@H]2C[C@H]1O. The molecule has 6 atom stereocenters. The first kappa shape index (κ1) is 20.6. The molecule has 0 saturated heterocycles. The summed E-state index contributed by atoms with van der Waals surface area (Å²) in [6.45, 7) is 1.99. The van der Waals surface area contributed by atoms with Crippen LogP contribution in [0.25, 0.3) is 0 Å². The summed E-state index contributed by atoms with van der Waals surface area (Å²) in [5, 5.41) is 30.6. The molecule has 1 fully saturated rings. The van der Waals surface area contributed by atoms with E-state index in [9.17, 15) is 20.1 Å². The van der Waals surface area contributed by atoms with Gasteiger partial charge in [0.25, 0.3) is 0 Å². The van der Waals surface area contributed by atoms with Gasteiger partial charge in [0.1, 0.15) is 11.9 Å². The average molecular weight is 408 g/mol. The van der Waals surface area contributed by atoms with Crippen molar-refractivity contribution in [2.45, 2.75) is 50.4 Å². The molecule has 0 bridgehead atoms. The van der Waals surface area contributed by atoms with E-state index in [1.807, 2.05) is 49.4 Å². The van der Waals surface area contributed by atoms with E-state index in [1.165, 1.54) is 0 Å². The van der Waals surface area contributed by atoms with Crippen molar-refractivity contribution in [2.75, 3.05) is 0 Å².